The van der Waals surface area contributed by atoms with Crippen LogP contribution in [0.2, 0.25) is 0 Å². The van der Waals surface area contributed by atoms with Gasteiger partial charge in [-0.3, -0.25) is 27.5 Å². The Morgan fingerprint density at radius 1 is 1.03 bits per heavy atom. The molecular weight excluding hydrogens is 908 g/mol. The van der Waals surface area contributed by atoms with Crippen molar-refractivity contribution in [1.82, 2.24) is 34.0 Å². The minimum absolute atomic E-state index is 0.0680. The molecule has 2 fully saturated rings. The Morgan fingerprint density at radius 3 is 2.30 bits per heavy atom. The summed E-state index contributed by atoms with van der Waals surface area (Å²) in [5, 5.41) is 34.1. The maximum atomic E-state index is 14.1. The van der Waals surface area contributed by atoms with Crippen molar-refractivity contribution in [3.63, 3.8) is 0 Å². The zero-order chi connectivity index (χ0) is 46.8. The van der Waals surface area contributed by atoms with Crippen molar-refractivity contribution in [2.45, 2.75) is 73.7 Å². The summed E-state index contributed by atoms with van der Waals surface area (Å²) < 4.78 is 113. The molecule has 0 aliphatic carbocycles. The summed E-state index contributed by atoms with van der Waals surface area (Å²) in [6, 6.07) is 1.10. The van der Waals surface area contributed by atoms with Crippen molar-refractivity contribution in [2.75, 3.05) is 44.9 Å². The van der Waals surface area contributed by atoms with E-state index in [1.54, 1.807) is 0 Å². The molecule has 5 heterocycles. The van der Waals surface area contributed by atoms with Gasteiger partial charge in [0.05, 0.1) is 38.2 Å². The number of aliphatic hydroxyl groups excluding tert-OH is 2. The number of carbonyl (C=O) groups is 2. The third-order valence-corrected chi connectivity index (χ3v) is 11.4. The number of likely N-dealkylation sites (N-methyl/N-ethyl adjacent to an activating group) is 1. The number of halogens is 4. The van der Waals surface area contributed by atoms with E-state index in [0.29, 0.717) is 9.47 Å². The maximum Gasteiger partial charge on any atom is 0.472 e. The van der Waals surface area contributed by atoms with E-state index >= 15 is 0 Å². The van der Waals surface area contributed by atoms with Crippen molar-refractivity contribution >= 4 is 50.3 Å². The number of hydrogen-bond donors (Lipinski definition) is 8. The van der Waals surface area contributed by atoms with Gasteiger partial charge in [0.2, 0.25) is 5.91 Å². The van der Waals surface area contributed by atoms with E-state index in [0.717, 1.165) is 36.5 Å². The van der Waals surface area contributed by atoms with Crippen LogP contribution in [0.3, 0.4) is 0 Å². The van der Waals surface area contributed by atoms with Gasteiger partial charge in [-0.2, -0.15) is 13.8 Å². The number of nitrogens with two attached hydrogens (primary N) is 2. The molecule has 3 aromatic rings. The number of hydrogen-bond acceptors (Lipinski definition) is 19. The maximum absolute atomic E-state index is 14.1. The number of rotatable bonds is 21. The number of carboxylic acid groups (broad SMARTS) is 1. The fourth-order valence-electron chi connectivity index (χ4n) is 6.90. The summed E-state index contributed by atoms with van der Waals surface area (Å²) in [5.74, 6) is -10.6. The van der Waals surface area contributed by atoms with Crippen LogP contribution in [0, 0.1) is 5.92 Å². The zero-order valence-electron chi connectivity index (χ0n) is 32.4. The number of anilines is 2. The number of alkyl halides is 4. The predicted molar refractivity (Wildman–Crippen MR) is 199 cm³/mol. The highest BCUT2D eigenvalue weighted by atomic mass is 31.2. The van der Waals surface area contributed by atoms with E-state index in [-0.39, 0.29) is 29.2 Å². The lowest BCUT2D eigenvalue weighted by Crippen LogP contribution is -2.67. The van der Waals surface area contributed by atoms with Crippen LogP contribution in [0.4, 0.5) is 29.2 Å². The lowest BCUT2D eigenvalue weighted by molar-refractivity contribution is -0.191. The molecule has 5 rings (SSSR count). The van der Waals surface area contributed by atoms with E-state index in [2.05, 4.69) is 31.0 Å². The molecule has 0 radical (unpaired) electrons. The molecular formula is C31H41F4N9O17P2. The fraction of sp³-hybridized carbons (Fsp3) is 0.581. The van der Waals surface area contributed by atoms with Crippen molar-refractivity contribution in [1.29, 1.82) is 0 Å². The van der Waals surface area contributed by atoms with Gasteiger partial charge in [0.25, 0.3) is 0 Å². The Hall–Kier alpha value is -4.55. The lowest BCUT2D eigenvalue weighted by Gasteiger charge is -2.44. The Morgan fingerprint density at radius 2 is 1.68 bits per heavy atom. The van der Waals surface area contributed by atoms with Gasteiger partial charge < -0.3 is 60.6 Å². The van der Waals surface area contributed by atoms with Gasteiger partial charge in [-0.25, -0.2) is 42.5 Å². The summed E-state index contributed by atoms with van der Waals surface area (Å²) in [5.41, 5.74) is 6.99. The second-order valence-corrected chi connectivity index (χ2v) is 16.6. The number of ether oxygens (including phenoxy) is 3. The first-order valence-electron chi connectivity index (χ1n) is 18.0. The van der Waals surface area contributed by atoms with Gasteiger partial charge in [-0.1, -0.05) is 6.08 Å². The lowest BCUT2D eigenvalue weighted by atomic mass is 9.76. The Balaban J connectivity index is 1.54. The average Bonchev–Trinajstić information content (AvgIpc) is 3.86. The van der Waals surface area contributed by atoms with E-state index in [4.69, 9.17) is 34.7 Å². The van der Waals surface area contributed by atoms with Crippen LogP contribution in [-0.2, 0) is 46.5 Å². The minimum Gasteiger partial charge on any atom is -0.479 e. The normalized spacial score (nSPS) is 26.1. The van der Waals surface area contributed by atoms with Crippen LogP contribution < -0.4 is 17.2 Å². The van der Waals surface area contributed by atoms with E-state index in [1.807, 2.05) is 0 Å². The molecule has 10 N–H and O–H groups in total. The summed E-state index contributed by atoms with van der Waals surface area (Å²) >= 11 is 0. The van der Waals surface area contributed by atoms with Gasteiger partial charge in [0.15, 0.2) is 29.5 Å². The second kappa shape index (κ2) is 19.3. The molecule has 0 spiro atoms. The number of aromatic nitrogens is 6. The monoisotopic (exact) mass is 949 g/mol. The first kappa shape index (κ1) is 49.5. The molecule has 0 saturated carbocycles. The van der Waals surface area contributed by atoms with Crippen molar-refractivity contribution < 1.29 is 94.1 Å². The smallest absolute Gasteiger partial charge is 0.472 e. The molecule has 2 aliphatic heterocycles. The fourth-order valence-corrected chi connectivity index (χ4v) is 8.21. The van der Waals surface area contributed by atoms with Crippen LogP contribution in [0.1, 0.15) is 25.3 Å². The molecule has 0 aromatic carbocycles. The first-order chi connectivity index (χ1) is 29.3. The second-order valence-electron chi connectivity index (χ2n) is 13.9. The third kappa shape index (κ3) is 10.7. The molecule has 350 valence electrons. The Kier molecular flexibility index (Phi) is 15.1. The molecule has 1 amide bonds. The summed E-state index contributed by atoms with van der Waals surface area (Å²) in [6.45, 7) is -2.64. The molecule has 2 saturated heterocycles. The number of carbonyl (C=O) groups excluding carboxylic acids is 1. The third-order valence-electron chi connectivity index (χ3n) is 9.93. The summed E-state index contributed by atoms with van der Waals surface area (Å²) in [6.07, 6.45) is -14.7. The molecule has 10 atom stereocenters. The number of amides is 1. The van der Waals surface area contributed by atoms with Crippen LogP contribution in [0.25, 0.3) is 11.2 Å². The molecule has 32 heteroatoms. The average molecular weight is 950 g/mol. The topological polar surface area (TPSA) is 379 Å². The SMILES string of the molecule is C=CCCC(=O)N(C)[C@](COCC(F)(F)C(F)F)(C(=O)O)C1C(COP(=O)(O)O[C@H]2[C@@H](O)[C@H](n3ccc(N)nc3=O)O[C@@H]2COP(=O)(O)O)OC(n2cnc3c(N)ncnc32)C1O. The van der Waals surface area contributed by atoms with E-state index in [9.17, 15) is 71.1 Å². The highest BCUT2D eigenvalue weighted by molar-refractivity contribution is 7.47. The van der Waals surface area contributed by atoms with Gasteiger partial charge in [-0.15, -0.1) is 6.58 Å². The summed E-state index contributed by atoms with van der Waals surface area (Å²) in [4.78, 5) is 85.0. The standard InChI is InChI=1S/C31H41F4N9O17P2/c1-3-4-5-17(45)42(2)30(28(48)49,10-56-11-31(34,35)27(32)33)18-14(59-25(20(18)46)44-13-40-19-23(37)38-12-39-24(19)44)8-58-63(54,55)61-22-15(9-57-62(51,52)53)60-26(21(22)47)43-7-6-16(36)41-29(43)50/h3,6-7,12-15,18,20-22,25-27,46-47H,1,4-5,8-11H2,2H3,(H,48,49)(H,54,55)(H2,36,41,50)(H2,37,38,39)(H2,51,52,53)/t14?,15-,18?,20?,21-,22-,25?,26-,30+/m1/s1. The number of phosphoric acid groups is 2. The van der Waals surface area contributed by atoms with Crippen molar-refractivity contribution in [2.24, 2.45) is 5.92 Å². The highest BCUT2D eigenvalue weighted by Gasteiger charge is 2.63. The quantitative estimate of drug-likeness (QED) is 0.0366. The number of nitrogen functional groups attached to an aromatic ring is 2. The molecule has 5 unspecified atom stereocenters. The summed E-state index contributed by atoms with van der Waals surface area (Å²) in [7, 11) is -10.1. The Bertz CT molecular complexity index is 2310. The van der Waals surface area contributed by atoms with Gasteiger partial charge in [-0.05, 0) is 12.5 Å². The predicted octanol–water partition coefficient (Wildman–Crippen LogP) is -0.843. The number of aliphatic hydroxyl groups is 2. The van der Waals surface area contributed by atoms with Crippen LogP contribution in [0.5, 0.6) is 0 Å². The molecule has 3 aromatic heterocycles. The van der Waals surface area contributed by atoms with E-state index in [1.165, 1.54) is 6.08 Å². The number of imidazole rings is 1. The van der Waals surface area contributed by atoms with E-state index < -0.39 is 133 Å². The highest BCUT2D eigenvalue weighted by Crippen LogP contribution is 2.51. The first-order valence-corrected chi connectivity index (χ1v) is 21.0. The van der Waals surface area contributed by atoms with Gasteiger partial charge >= 0.3 is 39.7 Å². The van der Waals surface area contributed by atoms with Crippen molar-refractivity contribution in [3.8, 4) is 0 Å². The van der Waals surface area contributed by atoms with Crippen LogP contribution >= 0.6 is 15.6 Å². The zero-order valence-corrected chi connectivity index (χ0v) is 34.2. The van der Waals surface area contributed by atoms with Crippen LogP contribution in [0.15, 0.2) is 42.4 Å². The largest absolute Gasteiger partial charge is 0.479 e. The molecule has 26 nitrogen and oxygen atoms in total. The number of carboxylic acids is 1. The molecule has 0 bridgehead atoms. The number of nitrogens with zero attached hydrogens (tertiary/aromatic N) is 7. The number of fused-ring (bicyclic) bond motifs is 1. The van der Waals surface area contributed by atoms with Gasteiger partial charge in [0.1, 0.15) is 48.7 Å². The number of phosphoric ester groups is 2. The van der Waals surface area contributed by atoms with Crippen molar-refractivity contribution in [3.05, 3.63) is 48.1 Å². The molecule has 2 aliphatic rings. The van der Waals surface area contributed by atoms with Gasteiger partial charge in [0, 0.05) is 19.7 Å². The molecule has 63 heavy (non-hydrogen) atoms. The minimum atomic E-state index is -5.71. The van der Waals surface area contributed by atoms with Crippen LogP contribution in [-0.4, -0.2) is 158 Å². The number of aliphatic carboxylic acids is 1. The Labute approximate surface area is 350 Å². The number of allylic oxidation sites excluding steroid dienone is 1.